The molecule has 3 heterocycles. The number of rotatable bonds is 7. The lowest BCUT2D eigenvalue weighted by molar-refractivity contribution is -0.118. The molecule has 0 unspecified atom stereocenters. The van der Waals surface area contributed by atoms with Gasteiger partial charge in [0.05, 0.1) is 38.9 Å². The molecule has 0 spiro atoms. The minimum absolute atomic E-state index is 0.0544. The molecule has 0 amide bonds. The van der Waals surface area contributed by atoms with Gasteiger partial charge in [0.25, 0.3) is 0 Å². The number of hydrogen-bond acceptors (Lipinski definition) is 8. The molecule has 0 bridgehead atoms. The molecule has 1 aliphatic carbocycles. The molecule has 0 radical (unpaired) electrons. The molecule has 5 rings (SSSR count). The molecular weight excluding hydrogens is 472 g/mol. The Morgan fingerprint density at radius 3 is 2.59 bits per heavy atom. The normalized spacial score (nSPS) is 21.2. The zero-order valence-corrected chi connectivity index (χ0v) is 22.1. The summed E-state index contributed by atoms with van der Waals surface area (Å²) in [6, 6.07) is 5.68. The lowest BCUT2D eigenvalue weighted by atomic mass is 9.70. The van der Waals surface area contributed by atoms with E-state index in [1.54, 1.807) is 20.5 Å². The fraction of sp³-hybridized carbons (Fsp3) is 0.536. The first-order chi connectivity index (χ1) is 17.8. The van der Waals surface area contributed by atoms with Crippen molar-refractivity contribution in [2.75, 3.05) is 47.1 Å². The molecule has 1 fully saturated rings. The Morgan fingerprint density at radius 2 is 1.86 bits per heavy atom. The van der Waals surface area contributed by atoms with E-state index in [4.69, 9.17) is 18.9 Å². The quantitative estimate of drug-likeness (QED) is 0.613. The number of morpholine rings is 1. The van der Waals surface area contributed by atoms with E-state index < -0.39 is 5.92 Å². The molecule has 3 aliphatic rings. The van der Waals surface area contributed by atoms with Crippen LogP contribution in [-0.2, 0) is 16.1 Å². The molecule has 2 aromatic rings. The Balaban J connectivity index is 1.55. The van der Waals surface area contributed by atoms with E-state index >= 15 is 0 Å². The SMILES string of the molecule is COc1ccc([C@H]2C3=C(CC(C)(C)CC3=O)Oc3ncn(CCCN4CCOCC4)c(=N)c32)cc1OC. The summed E-state index contributed by atoms with van der Waals surface area (Å²) in [6.45, 7) is 9.16. The lowest BCUT2D eigenvalue weighted by Gasteiger charge is -2.38. The highest BCUT2D eigenvalue weighted by Gasteiger charge is 2.43. The monoisotopic (exact) mass is 508 g/mol. The highest BCUT2D eigenvalue weighted by Crippen LogP contribution is 2.49. The maximum Gasteiger partial charge on any atom is 0.228 e. The van der Waals surface area contributed by atoms with Crippen molar-refractivity contribution in [3.63, 3.8) is 0 Å². The van der Waals surface area contributed by atoms with Crippen molar-refractivity contribution in [1.29, 1.82) is 5.41 Å². The number of aromatic nitrogens is 2. The number of carbonyl (C=O) groups excluding carboxylic acids is 1. The highest BCUT2D eigenvalue weighted by atomic mass is 16.5. The molecule has 1 saturated heterocycles. The maximum absolute atomic E-state index is 13.6. The number of hydrogen-bond donors (Lipinski definition) is 1. The fourth-order valence-electron chi connectivity index (χ4n) is 5.62. The second kappa shape index (κ2) is 10.3. The minimum Gasteiger partial charge on any atom is -0.493 e. The van der Waals surface area contributed by atoms with Gasteiger partial charge in [-0.2, -0.15) is 0 Å². The van der Waals surface area contributed by atoms with Gasteiger partial charge in [-0.05, 0) is 29.5 Å². The van der Waals surface area contributed by atoms with Crippen molar-refractivity contribution < 1.29 is 23.7 Å². The van der Waals surface area contributed by atoms with Crippen LogP contribution >= 0.6 is 0 Å². The molecule has 1 aromatic heterocycles. The van der Waals surface area contributed by atoms with Crippen LogP contribution in [0.4, 0.5) is 0 Å². The maximum atomic E-state index is 13.6. The molecular formula is C28H36N4O5. The Hall–Kier alpha value is -3.17. The second-order valence-electron chi connectivity index (χ2n) is 10.7. The van der Waals surface area contributed by atoms with Crippen LogP contribution in [0.15, 0.2) is 35.9 Å². The average Bonchev–Trinajstić information content (AvgIpc) is 2.88. The number of carbonyl (C=O) groups is 1. The number of nitrogens with one attached hydrogen (secondary N) is 1. The van der Waals surface area contributed by atoms with E-state index in [9.17, 15) is 10.2 Å². The number of ketones is 1. The van der Waals surface area contributed by atoms with Gasteiger partial charge in [0.15, 0.2) is 17.3 Å². The first-order valence-corrected chi connectivity index (χ1v) is 12.9. The molecule has 1 atom stereocenters. The van der Waals surface area contributed by atoms with Gasteiger partial charge >= 0.3 is 0 Å². The average molecular weight is 509 g/mol. The Bertz CT molecular complexity index is 1280. The molecule has 9 heteroatoms. The van der Waals surface area contributed by atoms with Crippen LogP contribution in [0.1, 0.15) is 50.2 Å². The zero-order chi connectivity index (χ0) is 26.2. The van der Waals surface area contributed by atoms with Crippen LogP contribution in [0.3, 0.4) is 0 Å². The van der Waals surface area contributed by atoms with Crippen molar-refractivity contribution in [2.24, 2.45) is 5.41 Å². The smallest absolute Gasteiger partial charge is 0.228 e. The predicted octanol–water partition coefficient (Wildman–Crippen LogP) is 3.27. The van der Waals surface area contributed by atoms with Crippen LogP contribution in [-0.4, -0.2) is 67.3 Å². The fourth-order valence-corrected chi connectivity index (χ4v) is 5.62. The topological polar surface area (TPSA) is 98.9 Å². The summed E-state index contributed by atoms with van der Waals surface area (Å²) in [5.41, 5.74) is 2.21. The summed E-state index contributed by atoms with van der Waals surface area (Å²) in [7, 11) is 3.19. The van der Waals surface area contributed by atoms with E-state index in [2.05, 4.69) is 23.7 Å². The van der Waals surface area contributed by atoms with Crippen molar-refractivity contribution in [2.45, 2.75) is 45.6 Å². The third-order valence-electron chi connectivity index (χ3n) is 7.48. The number of Topliss-reactive ketones (excluding diaryl/α,β-unsaturated/α-hetero) is 1. The van der Waals surface area contributed by atoms with Crippen molar-refractivity contribution in [1.82, 2.24) is 14.5 Å². The molecule has 2 aliphatic heterocycles. The van der Waals surface area contributed by atoms with E-state index in [1.165, 1.54) is 0 Å². The van der Waals surface area contributed by atoms with Gasteiger partial charge in [-0.15, -0.1) is 0 Å². The minimum atomic E-state index is -0.464. The van der Waals surface area contributed by atoms with Crippen LogP contribution in [0.2, 0.25) is 0 Å². The summed E-state index contributed by atoms with van der Waals surface area (Å²) in [4.78, 5) is 20.6. The lowest BCUT2D eigenvalue weighted by Crippen LogP contribution is -2.38. The Kier molecular flexibility index (Phi) is 7.09. The molecule has 1 aromatic carbocycles. The van der Waals surface area contributed by atoms with Gasteiger partial charge in [0, 0.05) is 44.6 Å². The number of aryl methyl sites for hydroxylation is 1. The van der Waals surface area contributed by atoms with Crippen LogP contribution in [0.5, 0.6) is 17.4 Å². The van der Waals surface area contributed by atoms with Gasteiger partial charge in [0.1, 0.15) is 17.6 Å². The molecule has 198 valence electrons. The van der Waals surface area contributed by atoms with Gasteiger partial charge < -0.3 is 23.5 Å². The van der Waals surface area contributed by atoms with E-state index in [0.717, 1.165) is 44.8 Å². The number of methoxy groups -OCH3 is 2. The number of allylic oxidation sites excluding steroid dienone is 2. The van der Waals surface area contributed by atoms with E-state index in [-0.39, 0.29) is 11.2 Å². The van der Waals surface area contributed by atoms with Gasteiger partial charge in [-0.3, -0.25) is 15.1 Å². The standard InChI is InChI=1S/C28H36N4O5/c1-28(2)15-19(33)24-22(16-28)37-27-25(23(24)18-6-7-20(34-3)21(14-18)35-4)26(29)32(17-30-27)9-5-8-31-10-12-36-13-11-31/h6-7,14,17,23,29H,5,8-13,15-16H2,1-4H3/t23-/m0/s1. The number of benzene rings is 1. The first kappa shape index (κ1) is 25.5. The Labute approximate surface area is 217 Å². The summed E-state index contributed by atoms with van der Waals surface area (Å²) < 4.78 is 24.6. The highest BCUT2D eigenvalue weighted by molar-refractivity contribution is 6.00. The van der Waals surface area contributed by atoms with Gasteiger partial charge in [-0.1, -0.05) is 19.9 Å². The summed E-state index contributed by atoms with van der Waals surface area (Å²) >= 11 is 0. The predicted molar refractivity (Wildman–Crippen MR) is 137 cm³/mol. The summed E-state index contributed by atoms with van der Waals surface area (Å²) in [5.74, 6) is 1.84. The largest absolute Gasteiger partial charge is 0.493 e. The Morgan fingerprint density at radius 1 is 1.11 bits per heavy atom. The molecule has 0 saturated carbocycles. The molecule has 1 N–H and O–H groups in total. The number of nitrogens with zero attached hydrogens (tertiary/aromatic N) is 3. The summed E-state index contributed by atoms with van der Waals surface area (Å²) in [6.07, 6.45) is 3.65. The van der Waals surface area contributed by atoms with Crippen molar-refractivity contribution in [3.05, 3.63) is 52.5 Å². The van der Waals surface area contributed by atoms with Crippen molar-refractivity contribution in [3.8, 4) is 17.4 Å². The van der Waals surface area contributed by atoms with Crippen LogP contribution < -0.4 is 19.7 Å². The third-order valence-corrected chi connectivity index (χ3v) is 7.48. The number of ether oxygens (including phenoxy) is 4. The van der Waals surface area contributed by atoms with Crippen LogP contribution in [0, 0.1) is 10.8 Å². The number of fused-ring (bicyclic) bond motifs is 1. The van der Waals surface area contributed by atoms with Gasteiger partial charge in [-0.25, -0.2) is 4.98 Å². The van der Waals surface area contributed by atoms with Crippen LogP contribution in [0.25, 0.3) is 0 Å². The van der Waals surface area contributed by atoms with E-state index in [1.807, 2.05) is 22.8 Å². The second-order valence-corrected chi connectivity index (χ2v) is 10.7. The third kappa shape index (κ3) is 5.02. The van der Waals surface area contributed by atoms with E-state index in [0.29, 0.717) is 59.1 Å². The molecule has 37 heavy (non-hydrogen) atoms. The van der Waals surface area contributed by atoms with Gasteiger partial charge in [0.2, 0.25) is 5.88 Å². The summed E-state index contributed by atoms with van der Waals surface area (Å²) in [5, 5.41) is 9.17. The zero-order valence-electron chi connectivity index (χ0n) is 22.1. The first-order valence-electron chi connectivity index (χ1n) is 12.9. The van der Waals surface area contributed by atoms with Crippen molar-refractivity contribution >= 4 is 5.78 Å². The molecule has 9 nitrogen and oxygen atoms in total.